The van der Waals surface area contributed by atoms with Gasteiger partial charge in [0.05, 0.1) is 5.41 Å². The molecule has 3 rings (SSSR count). The number of hydrogen-bond donors (Lipinski definition) is 2. The second kappa shape index (κ2) is 10.9. The van der Waals surface area contributed by atoms with E-state index >= 15 is 0 Å². The van der Waals surface area contributed by atoms with Crippen LogP contribution in [0, 0.1) is 5.41 Å². The Labute approximate surface area is 168 Å². The van der Waals surface area contributed by atoms with Gasteiger partial charge >= 0.3 is 0 Å². The summed E-state index contributed by atoms with van der Waals surface area (Å²) in [5.41, 5.74) is 6.42. The molecule has 0 spiro atoms. The van der Waals surface area contributed by atoms with Gasteiger partial charge in [-0.2, -0.15) is 0 Å². The number of aromatic nitrogens is 1. The number of rotatable bonds is 5. The molecule has 2 aliphatic rings. The normalized spacial score (nSPS) is 19.0. The molecular formula is C18H30Cl2N4O2. The van der Waals surface area contributed by atoms with Crippen molar-refractivity contribution in [2.45, 2.75) is 38.6 Å². The van der Waals surface area contributed by atoms with Crippen LogP contribution in [0.3, 0.4) is 0 Å². The Bertz CT molecular complexity index is 545. The van der Waals surface area contributed by atoms with E-state index in [2.05, 4.69) is 27.3 Å². The summed E-state index contributed by atoms with van der Waals surface area (Å²) >= 11 is 0. The molecule has 1 aromatic heterocycles. The summed E-state index contributed by atoms with van der Waals surface area (Å²) in [6.07, 6.45) is 7.05. The number of pyridine rings is 1. The summed E-state index contributed by atoms with van der Waals surface area (Å²) in [6, 6.07) is 4.11. The summed E-state index contributed by atoms with van der Waals surface area (Å²) in [4.78, 5) is 19.5. The minimum Gasteiger partial charge on any atom is -0.381 e. The number of carbonyl (C=O) groups excluding carboxylic acids is 1. The first-order chi connectivity index (χ1) is 11.7. The SMILES string of the molecule is Cl.Cl.NCC1(C(=O)NCc2ccc(N3CCCCC3)nc2)CCOCC1. The first kappa shape index (κ1) is 23.0. The number of amides is 1. The number of piperidine rings is 1. The Balaban J connectivity index is 0.00000169. The zero-order chi connectivity index (χ0) is 16.8. The van der Waals surface area contributed by atoms with Crippen LogP contribution in [0.2, 0.25) is 0 Å². The Morgan fingerprint density at radius 3 is 2.46 bits per heavy atom. The standard InChI is InChI=1S/C18H28N4O2.2ClH/c19-14-18(6-10-24-11-7-18)17(23)21-13-15-4-5-16(20-12-15)22-8-2-1-3-9-22;;/h4-5,12H,1-3,6-11,13-14,19H2,(H,21,23);2*1H. The summed E-state index contributed by atoms with van der Waals surface area (Å²) < 4.78 is 5.36. The highest BCUT2D eigenvalue weighted by atomic mass is 35.5. The van der Waals surface area contributed by atoms with Gasteiger partial charge < -0.3 is 20.7 Å². The molecule has 1 aromatic rings. The lowest BCUT2D eigenvalue weighted by atomic mass is 9.79. The predicted molar refractivity (Wildman–Crippen MR) is 108 cm³/mol. The second-order valence-electron chi connectivity index (χ2n) is 6.85. The highest BCUT2D eigenvalue weighted by molar-refractivity contribution is 5.85. The molecule has 6 nitrogen and oxygen atoms in total. The van der Waals surface area contributed by atoms with Crippen LogP contribution in [-0.2, 0) is 16.1 Å². The summed E-state index contributed by atoms with van der Waals surface area (Å²) in [7, 11) is 0. The van der Waals surface area contributed by atoms with Crippen LogP contribution in [-0.4, -0.2) is 43.7 Å². The maximum atomic E-state index is 12.6. The van der Waals surface area contributed by atoms with Crippen LogP contribution in [0.1, 0.15) is 37.7 Å². The number of hydrogen-bond acceptors (Lipinski definition) is 5. The average molecular weight is 405 g/mol. The van der Waals surface area contributed by atoms with Crippen LogP contribution in [0.15, 0.2) is 18.3 Å². The van der Waals surface area contributed by atoms with Crippen molar-refractivity contribution in [2.75, 3.05) is 37.7 Å². The van der Waals surface area contributed by atoms with E-state index in [9.17, 15) is 4.79 Å². The molecule has 2 aliphatic heterocycles. The quantitative estimate of drug-likeness (QED) is 0.786. The van der Waals surface area contributed by atoms with E-state index < -0.39 is 5.41 Å². The van der Waals surface area contributed by atoms with Crippen molar-refractivity contribution in [1.82, 2.24) is 10.3 Å². The fraction of sp³-hybridized carbons (Fsp3) is 0.667. The molecule has 26 heavy (non-hydrogen) atoms. The smallest absolute Gasteiger partial charge is 0.227 e. The van der Waals surface area contributed by atoms with E-state index in [-0.39, 0.29) is 30.7 Å². The molecule has 148 valence electrons. The van der Waals surface area contributed by atoms with Crippen molar-refractivity contribution in [2.24, 2.45) is 11.1 Å². The van der Waals surface area contributed by atoms with Crippen LogP contribution in [0.25, 0.3) is 0 Å². The number of anilines is 1. The van der Waals surface area contributed by atoms with Crippen molar-refractivity contribution in [1.29, 1.82) is 0 Å². The molecule has 8 heteroatoms. The van der Waals surface area contributed by atoms with E-state index in [0.717, 1.165) is 24.5 Å². The summed E-state index contributed by atoms with van der Waals surface area (Å²) in [6.45, 7) is 4.25. The molecule has 0 saturated carbocycles. The number of halogens is 2. The van der Waals surface area contributed by atoms with Crippen molar-refractivity contribution in [3.63, 3.8) is 0 Å². The van der Waals surface area contributed by atoms with E-state index in [1.807, 2.05) is 6.20 Å². The minimum absolute atomic E-state index is 0. The van der Waals surface area contributed by atoms with Crippen molar-refractivity contribution >= 4 is 36.5 Å². The molecule has 0 bridgehead atoms. The third-order valence-corrected chi connectivity index (χ3v) is 5.26. The molecule has 0 aromatic carbocycles. The van der Waals surface area contributed by atoms with Gasteiger partial charge in [-0.25, -0.2) is 4.98 Å². The molecule has 0 radical (unpaired) electrons. The molecular weight excluding hydrogens is 375 g/mol. The van der Waals surface area contributed by atoms with Gasteiger partial charge in [0.15, 0.2) is 0 Å². The van der Waals surface area contributed by atoms with E-state index in [4.69, 9.17) is 10.5 Å². The van der Waals surface area contributed by atoms with Crippen LogP contribution in [0.5, 0.6) is 0 Å². The monoisotopic (exact) mass is 404 g/mol. The van der Waals surface area contributed by atoms with E-state index in [1.54, 1.807) is 0 Å². The number of carbonyl (C=O) groups is 1. The van der Waals surface area contributed by atoms with Gasteiger partial charge in [-0.3, -0.25) is 4.79 Å². The van der Waals surface area contributed by atoms with Gasteiger partial charge in [-0.05, 0) is 43.7 Å². The molecule has 0 aliphatic carbocycles. The first-order valence-electron chi connectivity index (χ1n) is 8.99. The average Bonchev–Trinajstić information content (AvgIpc) is 2.67. The van der Waals surface area contributed by atoms with E-state index in [0.29, 0.717) is 39.1 Å². The number of nitrogens with two attached hydrogens (primary N) is 1. The Hall–Kier alpha value is -1.08. The van der Waals surface area contributed by atoms with Crippen molar-refractivity contribution in [3.8, 4) is 0 Å². The zero-order valence-corrected chi connectivity index (χ0v) is 16.7. The Morgan fingerprint density at radius 2 is 1.88 bits per heavy atom. The molecule has 3 heterocycles. The largest absolute Gasteiger partial charge is 0.381 e. The lowest BCUT2D eigenvalue weighted by molar-refractivity contribution is -0.136. The van der Waals surface area contributed by atoms with Gasteiger partial charge in [0, 0.05) is 45.6 Å². The summed E-state index contributed by atoms with van der Waals surface area (Å²) in [5.74, 6) is 1.07. The number of ether oxygens (including phenoxy) is 1. The second-order valence-corrected chi connectivity index (χ2v) is 6.85. The molecule has 0 unspecified atom stereocenters. The molecule has 1 amide bonds. The van der Waals surface area contributed by atoms with Crippen LogP contribution < -0.4 is 16.0 Å². The highest BCUT2D eigenvalue weighted by Gasteiger charge is 2.38. The maximum absolute atomic E-state index is 12.6. The van der Waals surface area contributed by atoms with Gasteiger partial charge in [0.25, 0.3) is 0 Å². The fourth-order valence-electron chi connectivity index (χ4n) is 3.49. The molecule has 2 saturated heterocycles. The Morgan fingerprint density at radius 1 is 1.19 bits per heavy atom. The lowest BCUT2D eigenvalue weighted by Crippen LogP contribution is -2.48. The van der Waals surface area contributed by atoms with Gasteiger partial charge in [-0.1, -0.05) is 6.07 Å². The molecule has 3 N–H and O–H groups in total. The highest BCUT2D eigenvalue weighted by Crippen LogP contribution is 2.29. The van der Waals surface area contributed by atoms with Crippen molar-refractivity contribution < 1.29 is 9.53 Å². The molecule has 0 atom stereocenters. The number of nitrogens with zero attached hydrogens (tertiary/aromatic N) is 2. The Kier molecular flexibility index (Phi) is 9.64. The third kappa shape index (κ3) is 5.46. The van der Waals surface area contributed by atoms with Crippen molar-refractivity contribution in [3.05, 3.63) is 23.9 Å². The van der Waals surface area contributed by atoms with Crippen LogP contribution in [0.4, 0.5) is 5.82 Å². The maximum Gasteiger partial charge on any atom is 0.227 e. The zero-order valence-electron chi connectivity index (χ0n) is 15.1. The van der Waals surface area contributed by atoms with Gasteiger partial charge in [-0.15, -0.1) is 24.8 Å². The van der Waals surface area contributed by atoms with Gasteiger partial charge in [0.1, 0.15) is 5.82 Å². The minimum atomic E-state index is -0.473. The molecule has 2 fully saturated rings. The number of nitrogens with one attached hydrogen (secondary N) is 1. The fourth-order valence-corrected chi connectivity index (χ4v) is 3.49. The van der Waals surface area contributed by atoms with Crippen LogP contribution >= 0.6 is 24.8 Å². The third-order valence-electron chi connectivity index (χ3n) is 5.26. The van der Waals surface area contributed by atoms with E-state index in [1.165, 1.54) is 19.3 Å². The summed E-state index contributed by atoms with van der Waals surface area (Å²) in [5, 5.41) is 3.03. The topological polar surface area (TPSA) is 80.5 Å². The van der Waals surface area contributed by atoms with Gasteiger partial charge in [0.2, 0.25) is 5.91 Å². The predicted octanol–water partition coefficient (Wildman–Crippen LogP) is 2.29. The first-order valence-corrected chi connectivity index (χ1v) is 8.99. The lowest BCUT2D eigenvalue weighted by Gasteiger charge is -2.34.